The molecule has 0 aliphatic rings. The van der Waals surface area contributed by atoms with Crippen LogP contribution in [0.4, 0.5) is 4.79 Å². The van der Waals surface area contributed by atoms with E-state index in [1.54, 1.807) is 11.3 Å². The molecule has 1 aromatic heterocycles. The number of carboxylic acid groups (broad SMARTS) is 1. The van der Waals surface area contributed by atoms with Crippen LogP contribution in [0.15, 0.2) is 15.9 Å². The average molecular weight is 349 g/mol. The van der Waals surface area contributed by atoms with E-state index >= 15 is 0 Å². The molecule has 106 valence electrons. The Labute approximate surface area is 124 Å². The molecule has 0 bridgehead atoms. The highest BCUT2D eigenvalue weighted by atomic mass is 79.9. The van der Waals surface area contributed by atoms with E-state index in [1.165, 1.54) is 25.8 Å². The molecule has 19 heavy (non-hydrogen) atoms. The second-order valence-corrected chi connectivity index (χ2v) is 7.16. The summed E-state index contributed by atoms with van der Waals surface area (Å²) in [6, 6.07) is 3.57. The summed E-state index contributed by atoms with van der Waals surface area (Å²) >= 11 is 4.99. The first-order valence-electron chi connectivity index (χ1n) is 5.74. The zero-order chi connectivity index (χ0) is 14.6. The third kappa shape index (κ3) is 4.21. The molecular weight excluding hydrogens is 332 g/mol. The van der Waals surface area contributed by atoms with Crippen molar-refractivity contribution in [2.75, 3.05) is 13.6 Å². The van der Waals surface area contributed by atoms with E-state index in [-0.39, 0.29) is 6.03 Å². The number of likely N-dealkylation sites (N-methyl/N-ethyl adjacent to an activating group) is 1. The molecule has 0 saturated heterocycles. The molecule has 0 aliphatic heterocycles. The van der Waals surface area contributed by atoms with Crippen LogP contribution in [-0.2, 0) is 11.2 Å². The standard InChI is InChI=1S/C12H17BrN2O3S/c1-12(2,10(16)17)15(3)11(18)14-7-6-8-4-5-9(13)19-8/h4-5H,6-7H2,1-3H3,(H,14,18)(H,16,17). The second kappa shape index (κ2) is 6.38. The van der Waals surface area contributed by atoms with Crippen LogP contribution >= 0.6 is 27.3 Å². The summed E-state index contributed by atoms with van der Waals surface area (Å²) in [5, 5.41) is 11.8. The fourth-order valence-electron chi connectivity index (χ4n) is 1.29. The Morgan fingerprint density at radius 2 is 2.11 bits per heavy atom. The largest absolute Gasteiger partial charge is 0.480 e. The van der Waals surface area contributed by atoms with Crippen molar-refractivity contribution in [1.82, 2.24) is 10.2 Å². The number of thiophene rings is 1. The van der Waals surface area contributed by atoms with E-state index in [0.29, 0.717) is 6.54 Å². The second-order valence-electron chi connectivity index (χ2n) is 4.61. The van der Waals surface area contributed by atoms with Gasteiger partial charge in [0, 0.05) is 18.5 Å². The van der Waals surface area contributed by atoms with Crippen molar-refractivity contribution in [1.29, 1.82) is 0 Å². The van der Waals surface area contributed by atoms with Crippen LogP contribution in [-0.4, -0.2) is 41.1 Å². The molecular formula is C12H17BrN2O3S. The minimum absolute atomic E-state index is 0.386. The number of carbonyl (C=O) groups is 2. The van der Waals surface area contributed by atoms with Crippen LogP contribution in [0.3, 0.4) is 0 Å². The van der Waals surface area contributed by atoms with Crippen LogP contribution < -0.4 is 5.32 Å². The molecule has 1 heterocycles. The molecule has 2 N–H and O–H groups in total. The Morgan fingerprint density at radius 3 is 2.58 bits per heavy atom. The first-order chi connectivity index (χ1) is 8.75. The SMILES string of the molecule is CN(C(=O)NCCc1ccc(Br)s1)C(C)(C)C(=O)O. The van der Waals surface area contributed by atoms with Gasteiger partial charge in [-0.2, -0.15) is 0 Å². The lowest BCUT2D eigenvalue weighted by molar-refractivity contribution is -0.146. The van der Waals surface area contributed by atoms with Gasteiger partial charge in [-0.25, -0.2) is 9.59 Å². The zero-order valence-electron chi connectivity index (χ0n) is 11.1. The normalized spacial score (nSPS) is 11.2. The number of amides is 2. The van der Waals surface area contributed by atoms with Gasteiger partial charge < -0.3 is 15.3 Å². The van der Waals surface area contributed by atoms with E-state index in [0.717, 1.165) is 15.1 Å². The van der Waals surface area contributed by atoms with E-state index in [2.05, 4.69) is 21.2 Å². The first-order valence-corrected chi connectivity index (χ1v) is 7.35. The number of halogens is 1. The molecule has 0 unspecified atom stereocenters. The van der Waals surface area contributed by atoms with Crippen molar-refractivity contribution in [3.05, 3.63) is 20.8 Å². The predicted molar refractivity (Wildman–Crippen MR) is 78.6 cm³/mol. The van der Waals surface area contributed by atoms with Crippen LogP contribution in [0.25, 0.3) is 0 Å². The number of nitrogens with zero attached hydrogens (tertiary/aromatic N) is 1. The summed E-state index contributed by atoms with van der Waals surface area (Å²) in [6.45, 7) is 3.46. The van der Waals surface area contributed by atoms with E-state index in [9.17, 15) is 9.59 Å². The lowest BCUT2D eigenvalue weighted by atomic mass is 10.1. The highest BCUT2D eigenvalue weighted by molar-refractivity contribution is 9.11. The maximum atomic E-state index is 11.8. The molecule has 7 heteroatoms. The van der Waals surface area contributed by atoms with Crippen molar-refractivity contribution < 1.29 is 14.7 Å². The van der Waals surface area contributed by atoms with Crippen LogP contribution in [0, 0.1) is 0 Å². The van der Waals surface area contributed by atoms with Gasteiger partial charge in [-0.3, -0.25) is 0 Å². The third-order valence-electron chi connectivity index (χ3n) is 2.94. The molecule has 0 aromatic carbocycles. The van der Waals surface area contributed by atoms with Gasteiger partial charge in [0.15, 0.2) is 0 Å². The van der Waals surface area contributed by atoms with Gasteiger partial charge in [0.1, 0.15) is 5.54 Å². The summed E-state index contributed by atoms with van der Waals surface area (Å²) < 4.78 is 1.05. The number of carboxylic acids is 1. The van der Waals surface area contributed by atoms with Gasteiger partial charge in [-0.15, -0.1) is 11.3 Å². The summed E-state index contributed by atoms with van der Waals surface area (Å²) in [5.74, 6) is -1.03. The number of aliphatic carboxylic acids is 1. The Morgan fingerprint density at radius 1 is 1.47 bits per heavy atom. The molecule has 0 aliphatic carbocycles. The zero-order valence-corrected chi connectivity index (χ0v) is 13.5. The minimum atomic E-state index is -1.23. The average Bonchev–Trinajstić information content (AvgIpc) is 2.73. The number of rotatable bonds is 5. The molecule has 0 fully saturated rings. The summed E-state index contributed by atoms with van der Waals surface area (Å²) in [4.78, 5) is 25.2. The lowest BCUT2D eigenvalue weighted by Gasteiger charge is -2.31. The van der Waals surface area contributed by atoms with E-state index in [1.807, 2.05) is 12.1 Å². The van der Waals surface area contributed by atoms with Crippen molar-refractivity contribution in [2.24, 2.45) is 0 Å². The number of urea groups is 1. The maximum Gasteiger partial charge on any atom is 0.329 e. The monoisotopic (exact) mass is 348 g/mol. The van der Waals surface area contributed by atoms with Gasteiger partial charge in [-0.05, 0) is 48.3 Å². The molecule has 5 nitrogen and oxygen atoms in total. The Kier molecular flexibility index (Phi) is 5.37. The highest BCUT2D eigenvalue weighted by Gasteiger charge is 2.35. The van der Waals surface area contributed by atoms with Crippen LogP contribution in [0.1, 0.15) is 18.7 Å². The number of carbonyl (C=O) groups excluding carboxylic acids is 1. The molecule has 0 atom stereocenters. The molecule has 1 aromatic rings. The fraction of sp³-hybridized carbons (Fsp3) is 0.500. The smallest absolute Gasteiger partial charge is 0.329 e. The highest BCUT2D eigenvalue weighted by Crippen LogP contribution is 2.22. The van der Waals surface area contributed by atoms with Gasteiger partial charge in [0.2, 0.25) is 0 Å². The predicted octanol–water partition coefficient (Wildman–Crippen LogP) is 2.56. The Hall–Kier alpha value is -1.08. The molecule has 1 rings (SSSR count). The van der Waals surface area contributed by atoms with Crippen molar-refractivity contribution in [3.63, 3.8) is 0 Å². The molecule has 0 radical (unpaired) electrons. The van der Waals surface area contributed by atoms with Crippen molar-refractivity contribution >= 4 is 39.3 Å². The Balaban J connectivity index is 2.45. The van der Waals surface area contributed by atoms with Gasteiger partial charge in [0.05, 0.1) is 3.79 Å². The molecule has 2 amide bonds. The van der Waals surface area contributed by atoms with Gasteiger partial charge in [-0.1, -0.05) is 0 Å². The van der Waals surface area contributed by atoms with Crippen molar-refractivity contribution in [2.45, 2.75) is 25.8 Å². The summed E-state index contributed by atoms with van der Waals surface area (Å²) in [5.41, 5.74) is -1.23. The van der Waals surface area contributed by atoms with Crippen LogP contribution in [0.5, 0.6) is 0 Å². The third-order valence-corrected chi connectivity index (χ3v) is 4.63. The van der Waals surface area contributed by atoms with Gasteiger partial charge >= 0.3 is 12.0 Å². The summed E-state index contributed by atoms with van der Waals surface area (Å²) in [7, 11) is 1.48. The lowest BCUT2D eigenvalue weighted by Crippen LogP contribution is -2.54. The van der Waals surface area contributed by atoms with E-state index in [4.69, 9.17) is 5.11 Å². The number of nitrogens with one attached hydrogen (secondary N) is 1. The fourth-order valence-corrected chi connectivity index (χ4v) is 2.78. The maximum absolute atomic E-state index is 11.8. The van der Waals surface area contributed by atoms with Gasteiger partial charge in [0.25, 0.3) is 0 Å². The van der Waals surface area contributed by atoms with E-state index < -0.39 is 11.5 Å². The Bertz CT molecular complexity index is 473. The number of hydrogen-bond acceptors (Lipinski definition) is 3. The van der Waals surface area contributed by atoms with Crippen LogP contribution in [0.2, 0.25) is 0 Å². The number of hydrogen-bond donors (Lipinski definition) is 2. The molecule has 0 saturated carbocycles. The van der Waals surface area contributed by atoms with Crippen molar-refractivity contribution in [3.8, 4) is 0 Å². The minimum Gasteiger partial charge on any atom is -0.480 e. The quantitative estimate of drug-likeness (QED) is 0.858. The first kappa shape index (κ1) is 16.0. The summed E-state index contributed by atoms with van der Waals surface area (Å²) in [6.07, 6.45) is 0.726. The topological polar surface area (TPSA) is 69.6 Å². The molecule has 0 spiro atoms.